The van der Waals surface area contributed by atoms with Gasteiger partial charge in [0.1, 0.15) is 23.9 Å². The number of nitrogens with zero attached hydrogens (tertiary/aromatic N) is 1. The number of aromatic hydroxyl groups is 1. The summed E-state index contributed by atoms with van der Waals surface area (Å²) in [7, 11) is 0. The first-order valence-electron chi connectivity index (χ1n) is 11.6. The van der Waals surface area contributed by atoms with E-state index in [0.29, 0.717) is 6.61 Å². The molecule has 0 bridgehead atoms. The average Bonchev–Trinajstić information content (AvgIpc) is 3.18. The van der Waals surface area contributed by atoms with E-state index in [1.165, 1.54) is 42.6 Å². The highest BCUT2D eigenvalue weighted by Gasteiger charge is 2.17. The van der Waals surface area contributed by atoms with Crippen molar-refractivity contribution in [1.29, 1.82) is 0 Å². The van der Waals surface area contributed by atoms with E-state index in [9.17, 15) is 5.11 Å². The molecule has 0 unspecified atom stereocenters. The van der Waals surface area contributed by atoms with Crippen LogP contribution >= 0.6 is 11.3 Å². The van der Waals surface area contributed by atoms with Crippen molar-refractivity contribution in [2.24, 2.45) is 0 Å². The maximum Gasteiger partial charge on any atom is 0.153 e. The fraction of sp³-hybridized carbons (Fsp3) is 0.286. The molecule has 1 saturated heterocycles. The molecule has 5 heteroatoms. The third-order valence-electron chi connectivity index (χ3n) is 6.10. The number of likely N-dealkylation sites (tertiary alicyclic amines) is 1. The number of hydrogen-bond acceptors (Lipinski definition) is 5. The Balaban J connectivity index is 1.33. The number of phenols is 1. The smallest absolute Gasteiger partial charge is 0.153 e. The quantitative estimate of drug-likeness (QED) is 0.316. The summed E-state index contributed by atoms with van der Waals surface area (Å²) in [6.07, 6.45) is 3.95. The van der Waals surface area contributed by atoms with Gasteiger partial charge in [0.15, 0.2) is 5.75 Å². The second-order valence-corrected chi connectivity index (χ2v) is 9.68. The van der Waals surface area contributed by atoms with Crippen LogP contribution in [-0.4, -0.2) is 36.2 Å². The van der Waals surface area contributed by atoms with Crippen molar-refractivity contribution in [3.63, 3.8) is 0 Å². The summed E-state index contributed by atoms with van der Waals surface area (Å²) in [5.74, 6) is 2.75. The van der Waals surface area contributed by atoms with Gasteiger partial charge in [0.2, 0.25) is 0 Å². The monoisotopic (exact) mass is 459 g/mol. The number of phenolic OH excluding ortho intramolecular Hbond substituents is 1. The molecule has 0 saturated carbocycles. The Labute approximate surface area is 199 Å². The van der Waals surface area contributed by atoms with Crippen LogP contribution in [0.4, 0.5) is 0 Å². The summed E-state index contributed by atoms with van der Waals surface area (Å²) in [6.45, 7) is 6.17. The van der Waals surface area contributed by atoms with Crippen LogP contribution in [0, 0.1) is 6.92 Å². The van der Waals surface area contributed by atoms with E-state index in [1.54, 1.807) is 23.5 Å². The van der Waals surface area contributed by atoms with Crippen LogP contribution in [0.15, 0.2) is 66.7 Å². The van der Waals surface area contributed by atoms with Crippen molar-refractivity contribution in [2.45, 2.75) is 26.2 Å². The molecule has 1 N–H and O–H groups in total. The molecule has 4 aromatic rings. The molecule has 0 atom stereocenters. The number of ether oxygens (including phenoxy) is 2. The van der Waals surface area contributed by atoms with Gasteiger partial charge in [-0.3, -0.25) is 4.90 Å². The van der Waals surface area contributed by atoms with E-state index >= 15 is 0 Å². The van der Waals surface area contributed by atoms with Gasteiger partial charge < -0.3 is 14.6 Å². The Morgan fingerprint density at radius 1 is 0.879 bits per heavy atom. The van der Waals surface area contributed by atoms with E-state index in [4.69, 9.17) is 9.47 Å². The van der Waals surface area contributed by atoms with Crippen LogP contribution in [-0.2, 0) is 0 Å². The third kappa shape index (κ3) is 5.15. The molecule has 2 heterocycles. The van der Waals surface area contributed by atoms with Gasteiger partial charge >= 0.3 is 0 Å². The first-order chi connectivity index (χ1) is 16.2. The van der Waals surface area contributed by atoms with E-state index in [2.05, 4.69) is 30.0 Å². The van der Waals surface area contributed by atoms with Gasteiger partial charge in [-0.15, -0.1) is 11.3 Å². The molecule has 1 aromatic heterocycles. The minimum Gasteiger partial charge on any atom is -0.508 e. The summed E-state index contributed by atoms with van der Waals surface area (Å²) in [4.78, 5) is 3.53. The average molecular weight is 460 g/mol. The van der Waals surface area contributed by atoms with Gasteiger partial charge in [0.25, 0.3) is 0 Å². The van der Waals surface area contributed by atoms with E-state index < -0.39 is 0 Å². The third-order valence-corrected chi connectivity index (χ3v) is 7.28. The second-order valence-electron chi connectivity index (χ2n) is 8.63. The van der Waals surface area contributed by atoms with E-state index in [-0.39, 0.29) is 5.75 Å². The summed E-state index contributed by atoms with van der Waals surface area (Å²) in [5, 5.41) is 10.8. The molecule has 5 rings (SSSR count). The van der Waals surface area contributed by atoms with Crippen LogP contribution in [0.3, 0.4) is 0 Å². The van der Waals surface area contributed by atoms with Crippen molar-refractivity contribution in [2.75, 3.05) is 26.2 Å². The number of rotatable bonds is 7. The summed E-state index contributed by atoms with van der Waals surface area (Å²) >= 11 is 1.71. The highest BCUT2D eigenvalue weighted by molar-refractivity contribution is 7.22. The van der Waals surface area contributed by atoms with Gasteiger partial charge in [-0.05, 0) is 105 Å². The van der Waals surface area contributed by atoms with Gasteiger partial charge in [0, 0.05) is 16.6 Å². The van der Waals surface area contributed by atoms with Gasteiger partial charge in [-0.1, -0.05) is 12.5 Å². The number of benzene rings is 3. The lowest BCUT2D eigenvalue weighted by Gasteiger charge is -2.26. The Morgan fingerprint density at radius 2 is 1.61 bits per heavy atom. The van der Waals surface area contributed by atoms with Crippen LogP contribution in [0.1, 0.15) is 24.8 Å². The molecular weight excluding hydrogens is 430 g/mol. The lowest BCUT2D eigenvalue weighted by atomic mass is 10.1. The van der Waals surface area contributed by atoms with E-state index in [0.717, 1.165) is 39.6 Å². The van der Waals surface area contributed by atoms with Crippen LogP contribution < -0.4 is 9.47 Å². The Kier molecular flexibility index (Phi) is 6.51. The molecule has 1 aliphatic heterocycles. The van der Waals surface area contributed by atoms with E-state index in [1.807, 2.05) is 36.4 Å². The Bertz CT molecular complexity index is 1210. The molecule has 0 aliphatic carbocycles. The second kappa shape index (κ2) is 9.86. The standard InChI is InChI=1S/C28H29NO3S/c1-20-5-14-25-26(19-20)33-28(21-6-8-22(30)9-7-21)27(25)32-24-12-10-23(11-13-24)31-18-17-29-15-3-2-4-16-29/h5-14,19,30H,2-4,15-18H2,1H3. The Morgan fingerprint density at radius 3 is 2.36 bits per heavy atom. The first-order valence-corrected chi connectivity index (χ1v) is 12.4. The fourth-order valence-corrected chi connectivity index (χ4v) is 5.52. The molecule has 0 radical (unpaired) electrons. The van der Waals surface area contributed by atoms with Crippen LogP contribution in [0.25, 0.3) is 20.5 Å². The summed E-state index contributed by atoms with van der Waals surface area (Å²) < 4.78 is 13.6. The Hall–Kier alpha value is -3.02. The molecule has 1 aliphatic rings. The minimum atomic E-state index is 0.258. The normalized spacial score (nSPS) is 14.5. The lowest BCUT2D eigenvalue weighted by Crippen LogP contribution is -2.33. The van der Waals surface area contributed by atoms with Crippen LogP contribution in [0.2, 0.25) is 0 Å². The zero-order chi connectivity index (χ0) is 22.6. The number of thiophene rings is 1. The predicted octanol–water partition coefficient (Wildman–Crippen LogP) is 7.24. The topological polar surface area (TPSA) is 41.9 Å². The zero-order valence-corrected chi connectivity index (χ0v) is 19.7. The highest BCUT2D eigenvalue weighted by atomic mass is 32.1. The molecule has 170 valence electrons. The predicted molar refractivity (Wildman–Crippen MR) is 136 cm³/mol. The lowest BCUT2D eigenvalue weighted by molar-refractivity contribution is 0.183. The summed E-state index contributed by atoms with van der Waals surface area (Å²) in [6, 6.07) is 21.6. The van der Waals surface area contributed by atoms with Gasteiger partial charge in [-0.2, -0.15) is 0 Å². The number of piperidine rings is 1. The van der Waals surface area contributed by atoms with Gasteiger partial charge in [0.05, 0.1) is 4.88 Å². The molecule has 3 aromatic carbocycles. The summed E-state index contributed by atoms with van der Waals surface area (Å²) in [5.41, 5.74) is 2.25. The number of aryl methyl sites for hydroxylation is 1. The van der Waals surface area contributed by atoms with Crippen molar-refractivity contribution < 1.29 is 14.6 Å². The molecule has 33 heavy (non-hydrogen) atoms. The number of fused-ring (bicyclic) bond motifs is 1. The maximum absolute atomic E-state index is 9.70. The highest BCUT2D eigenvalue weighted by Crippen LogP contribution is 2.46. The molecular formula is C28H29NO3S. The zero-order valence-electron chi connectivity index (χ0n) is 18.9. The molecule has 1 fully saturated rings. The number of hydrogen-bond donors (Lipinski definition) is 1. The molecule has 0 spiro atoms. The maximum atomic E-state index is 9.70. The molecule has 4 nitrogen and oxygen atoms in total. The minimum absolute atomic E-state index is 0.258. The first kappa shape index (κ1) is 21.8. The van der Waals surface area contributed by atoms with Crippen molar-refractivity contribution in [1.82, 2.24) is 4.90 Å². The van der Waals surface area contributed by atoms with Crippen LogP contribution in [0.5, 0.6) is 23.0 Å². The van der Waals surface area contributed by atoms with Crippen molar-refractivity contribution >= 4 is 21.4 Å². The van der Waals surface area contributed by atoms with Crippen molar-refractivity contribution in [3.05, 3.63) is 72.3 Å². The SMILES string of the molecule is Cc1ccc2c(Oc3ccc(OCCN4CCCCC4)cc3)c(-c3ccc(O)cc3)sc2c1. The molecule has 0 amide bonds. The van der Waals surface area contributed by atoms with Gasteiger partial charge in [-0.25, -0.2) is 0 Å². The fourth-order valence-electron chi connectivity index (χ4n) is 4.28. The van der Waals surface area contributed by atoms with Crippen molar-refractivity contribution in [3.8, 4) is 33.4 Å². The largest absolute Gasteiger partial charge is 0.508 e.